The number of amides is 1. The van der Waals surface area contributed by atoms with Crippen molar-refractivity contribution in [2.24, 2.45) is 0 Å². The molecule has 0 unspecified atom stereocenters. The van der Waals surface area contributed by atoms with Gasteiger partial charge in [0.25, 0.3) is 0 Å². The lowest BCUT2D eigenvalue weighted by Gasteiger charge is -2.02. The predicted octanol–water partition coefficient (Wildman–Crippen LogP) is 1.58. The van der Waals surface area contributed by atoms with E-state index in [0.29, 0.717) is 0 Å². The van der Waals surface area contributed by atoms with Crippen LogP contribution in [0.15, 0.2) is 0 Å². The number of carbonyl (C=O) groups excluding carboxylic acids is 1. The maximum atomic E-state index is 10.7. The molecule has 0 rings (SSSR count). The highest BCUT2D eigenvalue weighted by Gasteiger charge is 1.96. The Labute approximate surface area is 143 Å². The van der Waals surface area contributed by atoms with Gasteiger partial charge in [-0.05, 0) is 12.8 Å². The fraction of sp³-hybridized carbons (Fsp3) is 0.944. The number of hydrogen-bond acceptors (Lipinski definition) is 1. The third-order valence-corrected chi connectivity index (χ3v) is 3.99. The Kier molecular flexibility index (Phi) is 22.4. The lowest BCUT2D eigenvalue weighted by atomic mass is 10.0. The first-order valence-corrected chi connectivity index (χ1v) is 9.11. The van der Waals surface area contributed by atoms with Crippen molar-refractivity contribution in [1.82, 2.24) is 0 Å². The summed E-state index contributed by atoms with van der Waals surface area (Å²) in [5, 5.41) is 1.82. The summed E-state index contributed by atoms with van der Waals surface area (Å²) in [6.07, 6.45) is 19.5. The summed E-state index contributed by atoms with van der Waals surface area (Å²) in [6.45, 7) is 4.90. The molecule has 0 radical (unpaired) electrons. The van der Waals surface area contributed by atoms with Crippen LogP contribution in [0, 0.1) is 0 Å². The lowest BCUT2D eigenvalue weighted by molar-refractivity contribution is -0.567. The SMILES string of the molecule is CCCCCCCCCCCCCCCC[NH2+]C(C)=O.[Br-]. The van der Waals surface area contributed by atoms with Crippen molar-refractivity contribution in [2.45, 2.75) is 104 Å². The average molecular weight is 364 g/mol. The normalized spacial score (nSPS) is 10.4. The Balaban J connectivity index is 0. The van der Waals surface area contributed by atoms with Crippen molar-refractivity contribution in [3.05, 3.63) is 0 Å². The third-order valence-electron chi connectivity index (χ3n) is 3.99. The third kappa shape index (κ3) is 22.5. The summed E-state index contributed by atoms with van der Waals surface area (Å²) in [5.74, 6) is 0.222. The molecule has 0 bridgehead atoms. The predicted molar refractivity (Wildman–Crippen MR) is 87.8 cm³/mol. The van der Waals surface area contributed by atoms with Crippen molar-refractivity contribution in [2.75, 3.05) is 6.54 Å². The molecule has 0 aromatic carbocycles. The number of hydrogen-bond donors (Lipinski definition) is 1. The summed E-state index contributed by atoms with van der Waals surface area (Å²) < 4.78 is 0. The minimum absolute atomic E-state index is 0. The van der Waals surface area contributed by atoms with Crippen molar-refractivity contribution in [3.8, 4) is 0 Å². The minimum atomic E-state index is 0. The molecule has 3 heteroatoms. The second kappa shape index (κ2) is 20.1. The Morgan fingerprint density at radius 3 is 1.33 bits per heavy atom. The van der Waals surface area contributed by atoms with Gasteiger partial charge >= 0.3 is 5.91 Å². The van der Waals surface area contributed by atoms with Gasteiger partial charge in [0.15, 0.2) is 0 Å². The highest BCUT2D eigenvalue weighted by molar-refractivity contribution is 5.61. The topological polar surface area (TPSA) is 33.7 Å². The van der Waals surface area contributed by atoms with Gasteiger partial charge in [-0.1, -0.05) is 84.0 Å². The molecular weight excluding hydrogens is 326 g/mol. The van der Waals surface area contributed by atoms with E-state index < -0.39 is 0 Å². The van der Waals surface area contributed by atoms with Crippen LogP contribution in [0.3, 0.4) is 0 Å². The zero-order chi connectivity index (χ0) is 14.9. The molecule has 0 aliphatic carbocycles. The largest absolute Gasteiger partial charge is 1.00 e. The van der Waals surface area contributed by atoms with Crippen LogP contribution in [-0.2, 0) is 4.79 Å². The fourth-order valence-electron chi connectivity index (χ4n) is 2.64. The van der Waals surface area contributed by atoms with E-state index in [1.807, 2.05) is 5.32 Å². The van der Waals surface area contributed by atoms with Crippen LogP contribution in [0.2, 0.25) is 0 Å². The van der Waals surface area contributed by atoms with E-state index in [-0.39, 0.29) is 22.9 Å². The van der Waals surface area contributed by atoms with E-state index in [1.165, 1.54) is 89.9 Å². The quantitative estimate of drug-likeness (QED) is 0.440. The lowest BCUT2D eigenvalue weighted by Crippen LogP contribution is -3.00. The molecule has 0 aromatic rings. The molecule has 0 aliphatic heterocycles. The molecular formula is C18H38BrNO. The minimum Gasteiger partial charge on any atom is -1.00 e. The molecule has 0 saturated heterocycles. The molecule has 0 saturated carbocycles. The van der Waals surface area contributed by atoms with Crippen molar-refractivity contribution in [3.63, 3.8) is 0 Å². The van der Waals surface area contributed by atoms with Gasteiger partial charge in [0.05, 0.1) is 13.5 Å². The fourth-order valence-corrected chi connectivity index (χ4v) is 2.64. The van der Waals surface area contributed by atoms with Crippen molar-refractivity contribution < 1.29 is 27.1 Å². The summed E-state index contributed by atoms with van der Waals surface area (Å²) in [4.78, 5) is 10.7. The van der Waals surface area contributed by atoms with Crippen LogP contribution in [0.4, 0.5) is 0 Å². The number of unbranched alkanes of at least 4 members (excludes halogenated alkanes) is 13. The molecule has 0 atom stereocenters. The van der Waals surface area contributed by atoms with E-state index in [9.17, 15) is 4.79 Å². The van der Waals surface area contributed by atoms with Gasteiger partial charge in [-0.3, -0.25) is 5.32 Å². The first-order chi connectivity index (χ1) is 9.77. The Morgan fingerprint density at radius 1 is 0.667 bits per heavy atom. The Bertz CT molecular complexity index is 209. The number of halogens is 1. The summed E-state index contributed by atoms with van der Waals surface area (Å²) in [5.41, 5.74) is 0. The maximum Gasteiger partial charge on any atom is 0.307 e. The standard InChI is InChI=1S/C18H37NO.BrH/c1-3-4-5-6-7-8-9-10-11-12-13-14-15-16-17-19-18(2)20;/h3-17H2,1-2H3,(H,19,20);1H. The molecule has 0 heterocycles. The van der Waals surface area contributed by atoms with Gasteiger partial charge in [-0.25, -0.2) is 4.79 Å². The average Bonchev–Trinajstić information content (AvgIpc) is 2.43. The van der Waals surface area contributed by atoms with Crippen LogP contribution in [0.25, 0.3) is 0 Å². The summed E-state index contributed by atoms with van der Waals surface area (Å²) >= 11 is 0. The van der Waals surface area contributed by atoms with Crippen LogP contribution in [0.5, 0.6) is 0 Å². The Morgan fingerprint density at radius 2 is 1.00 bits per heavy atom. The number of rotatable bonds is 15. The van der Waals surface area contributed by atoms with Gasteiger partial charge in [0, 0.05) is 0 Å². The molecule has 2 N–H and O–H groups in total. The van der Waals surface area contributed by atoms with Crippen LogP contribution in [0.1, 0.15) is 104 Å². The first-order valence-electron chi connectivity index (χ1n) is 9.11. The zero-order valence-corrected chi connectivity index (χ0v) is 16.1. The van der Waals surface area contributed by atoms with Gasteiger partial charge in [-0.2, -0.15) is 0 Å². The highest BCUT2D eigenvalue weighted by atomic mass is 79.9. The monoisotopic (exact) mass is 363 g/mol. The van der Waals surface area contributed by atoms with Gasteiger partial charge in [0.2, 0.25) is 0 Å². The zero-order valence-electron chi connectivity index (χ0n) is 14.5. The van der Waals surface area contributed by atoms with E-state index >= 15 is 0 Å². The maximum absolute atomic E-state index is 10.7. The van der Waals surface area contributed by atoms with Crippen molar-refractivity contribution in [1.29, 1.82) is 0 Å². The molecule has 2 nitrogen and oxygen atoms in total. The van der Waals surface area contributed by atoms with Crippen molar-refractivity contribution >= 4 is 5.91 Å². The Hall–Kier alpha value is 0.110. The van der Waals surface area contributed by atoms with Crippen LogP contribution < -0.4 is 22.3 Å². The number of carbonyl (C=O) groups is 1. The van der Waals surface area contributed by atoms with E-state index in [0.717, 1.165) is 6.54 Å². The second-order valence-corrected chi connectivity index (χ2v) is 6.20. The van der Waals surface area contributed by atoms with E-state index in [2.05, 4.69) is 6.92 Å². The number of nitrogens with two attached hydrogens (primary N) is 1. The van der Waals surface area contributed by atoms with E-state index in [1.54, 1.807) is 6.92 Å². The molecule has 0 aliphatic rings. The number of quaternary nitrogens is 1. The molecule has 128 valence electrons. The smallest absolute Gasteiger partial charge is 0.307 e. The highest BCUT2D eigenvalue weighted by Crippen LogP contribution is 2.12. The molecule has 0 spiro atoms. The van der Waals surface area contributed by atoms with Gasteiger partial charge < -0.3 is 17.0 Å². The summed E-state index contributed by atoms with van der Waals surface area (Å²) in [6, 6.07) is 0. The van der Waals surface area contributed by atoms with Crippen LogP contribution >= 0.6 is 0 Å². The molecule has 21 heavy (non-hydrogen) atoms. The second-order valence-electron chi connectivity index (χ2n) is 6.20. The molecule has 1 amide bonds. The summed E-state index contributed by atoms with van der Waals surface area (Å²) in [7, 11) is 0. The van der Waals surface area contributed by atoms with E-state index in [4.69, 9.17) is 0 Å². The van der Waals surface area contributed by atoms with Gasteiger partial charge in [-0.15, -0.1) is 0 Å². The first kappa shape index (κ1) is 23.4. The number of primary amides is 1. The van der Waals surface area contributed by atoms with Crippen LogP contribution in [-0.4, -0.2) is 12.5 Å². The van der Waals surface area contributed by atoms with Gasteiger partial charge in [0.1, 0.15) is 0 Å². The molecule has 0 aromatic heterocycles. The molecule has 0 fully saturated rings.